The van der Waals surface area contributed by atoms with Gasteiger partial charge in [-0.3, -0.25) is 4.79 Å². The second kappa shape index (κ2) is 6.72. The van der Waals surface area contributed by atoms with Crippen LogP contribution in [0.3, 0.4) is 0 Å². The zero-order chi connectivity index (χ0) is 18.3. The van der Waals surface area contributed by atoms with E-state index in [1.165, 1.54) is 16.9 Å². The first-order valence-electron chi connectivity index (χ1n) is 8.96. The van der Waals surface area contributed by atoms with Crippen molar-refractivity contribution < 1.29 is 4.79 Å². The van der Waals surface area contributed by atoms with Crippen LogP contribution in [0.2, 0.25) is 0 Å². The third-order valence-corrected chi connectivity index (χ3v) is 6.20. The number of H-pyrrole nitrogens is 1. The average Bonchev–Trinajstić information content (AvgIpc) is 3.25. The Morgan fingerprint density at radius 2 is 2.19 bits per heavy atom. The summed E-state index contributed by atoms with van der Waals surface area (Å²) in [5.74, 6) is 1.32. The number of para-hydroxylation sites is 1. The Hall–Kier alpha value is -2.41. The summed E-state index contributed by atoms with van der Waals surface area (Å²) in [7, 11) is 1.83. The summed E-state index contributed by atoms with van der Waals surface area (Å²) in [5.41, 5.74) is 4.07. The van der Waals surface area contributed by atoms with E-state index in [1.807, 2.05) is 24.9 Å². The number of thiazole rings is 1. The fourth-order valence-electron chi connectivity index (χ4n) is 3.62. The molecular formula is C19H23N5OS. The maximum absolute atomic E-state index is 13.0. The van der Waals surface area contributed by atoms with Crippen LogP contribution in [-0.2, 0) is 0 Å². The minimum Gasteiger partial charge on any atom is -0.365 e. The lowest BCUT2D eigenvalue weighted by atomic mass is 9.97. The van der Waals surface area contributed by atoms with Gasteiger partial charge >= 0.3 is 0 Å². The molecule has 1 aliphatic rings. The quantitative estimate of drug-likeness (QED) is 0.738. The van der Waals surface area contributed by atoms with Crippen molar-refractivity contribution in [3.05, 3.63) is 40.2 Å². The van der Waals surface area contributed by atoms with Crippen LogP contribution in [-0.4, -0.2) is 45.9 Å². The summed E-state index contributed by atoms with van der Waals surface area (Å²) >= 11 is 1.43. The SMILES string of the molecule is CNc1nc(C)c(C(=O)N2CCC[C@H](c3nc4c(C)cccc4[nH]3)C2)s1. The van der Waals surface area contributed by atoms with Crippen LogP contribution in [0.25, 0.3) is 11.0 Å². The highest BCUT2D eigenvalue weighted by molar-refractivity contribution is 7.17. The van der Waals surface area contributed by atoms with Crippen LogP contribution < -0.4 is 5.32 Å². The molecule has 1 aliphatic heterocycles. The molecular weight excluding hydrogens is 346 g/mol. The van der Waals surface area contributed by atoms with E-state index >= 15 is 0 Å². The number of carbonyl (C=O) groups excluding carboxylic acids is 1. The topological polar surface area (TPSA) is 73.9 Å². The van der Waals surface area contributed by atoms with Crippen molar-refractivity contribution in [2.24, 2.45) is 0 Å². The minimum absolute atomic E-state index is 0.0819. The van der Waals surface area contributed by atoms with Gasteiger partial charge < -0.3 is 15.2 Å². The molecule has 1 saturated heterocycles. The van der Waals surface area contributed by atoms with E-state index in [0.717, 1.165) is 51.9 Å². The number of nitrogens with one attached hydrogen (secondary N) is 2. The molecule has 0 radical (unpaired) electrons. The third-order valence-electron chi connectivity index (χ3n) is 5.03. The first-order valence-corrected chi connectivity index (χ1v) is 9.78. The molecule has 7 heteroatoms. The van der Waals surface area contributed by atoms with Gasteiger partial charge in [-0.25, -0.2) is 9.97 Å². The number of aromatic nitrogens is 3. The highest BCUT2D eigenvalue weighted by Gasteiger charge is 2.29. The van der Waals surface area contributed by atoms with E-state index in [1.54, 1.807) is 0 Å². The van der Waals surface area contributed by atoms with E-state index < -0.39 is 0 Å². The van der Waals surface area contributed by atoms with Crippen molar-refractivity contribution in [2.45, 2.75) is 32.6 Å². The van der Waals surface area contributed by atoms with Crippen LogP contribution in [0.1, 0.15) is 45.5 Å². The Morgan fingerprint density at radius 3 is 2.92 bits per heavy atom. The zero-order valence-electron chi connectivity index (χ0n) is 15.3. The number of carbonyl (C=O) groups is 1. The summed E-state index contributed by atoms with van der Waals surface area (Å²) in [5, 5.41) is 3.81. The predicted octanol–water partition coefficient (Wildman–Crippen LogP) is 3.70. The van der Waals surface area contributed by atoms with E-state index in [0.29, 0.717) is 6.54 Å². The Bertz CT molecular complexity index is 960. The van der Waals surface area contributed by atoms with Gasteiger partial charge in [0.2, 0.25) is 0 Å². The van der Waals surface area contributed by atoms with Crippen molar-refractivity contribution in [2.75, 3.05) is 25.5 Å². The van der Waals surface area contributed by atoms with Gasteiger partial charge in [-0.05, 0) is 38.3 Å². The van der Waals surface area contributed by atoms with Crippen LogP contribution >= 0.6 is 11.3 Å². The average molecular weight is 369 g/mol. The van der Waals surface area contributed by atoms with Crippen LogP contribution in [0.4, 0.5) is 5.13 Å². The molecule has 6 nitrogen and oxygen atoms in total. The molecule has 3 heterocycles. The number of nitrogens with zero attached hydrogens (tertiary/aromatic N) is 3. The summed E-state index contributed by atoms with van der Waals surface area (Å²) in [6, 6.07) is 6.18. The van der Waals surface area contributed by atoms with Crippen molar-refractivity contribution in [3.63, 3.8) is 0 Å². The highest BCUT2D eigenvalue weighted by Crippen LogP contribution is 2.30. The normalized spacial score (nSPS) is 17.7. The number of amides is 1. The fraction of sp³-hybridized carbons (Fsp3) is 0.421. The Kier molecular flexibility index (Phi) is 4.40. The van der Waals surface area contributed by atoms with Gasteiger partial charge in [-0.15, -0.1) is 0 Å². The smallest absolute Gasteiger partial charge is 0.265 e. The van der Waals surface area contributed by atoms with Gasteiger partial charge in [0.1, 0.15) is 10.7 Å². The standard InChI is InChI=1S/C19H23N5OS/c1-11-6-4-8-14-15(11)23-17(22-14)13-7-5-9-24(10-13)18(25)16-12(2)21-19(20-3)26-16/h4,6,8,13H,5,7,9-10H2,1-3H3,(H,20,21)(H,22,23)/t13-/m0/s1. The summed E-state index contributed by atoms with van der Waals surface area (Å²) in [4.78, 5) is 28.4. The molecule has 0 bridgehead atoms. The molecule has 1 fully saturated rings. The lowest BCUT2D eigenvalue weighted by Crippen LogP contribution is -2.39. The lowest BCUT2D eigenvalue weighted by Gasteiger charge is -2.31. The number of fused-ring (bicyclic) bond motifs is 1. The van der Waals surface area contributed by atoms with Gasteiger partial charge in [0, 0.05) is 26.1 Å². The maximum Gasteiger partial charge on any atom is 0.265 e. The number of piperidine rings is 1. The molecule has 2 aromatic heterocycles. The van der Waals surface area contributed by atoms with E-state index in [2.05, 4.69) is 34.3 Å². The molecule has 0 aliphatic carbocycles. The fourth-order valence-corrected chi connectivity index (χ4v) is 4.51. The molecule has 0 unspecified atom stereocenters. The molecule has 0 spiro atoms. The molecule has 2 N–H and O–H groups in total. The molecule has 4 rings (SSSR count). The molecule has 3 aromatic rings. The van der Waals surface area contributed by atoms with E-state index in [-0.39, 0.29) is 11.8 Å². The first-order chi connectivity index (χ1) is 12.6. The number of benzene rings is 1. The van der Waals surface area contributed by atoms with Crippen LogP contribution in [0.15, 0.2) is 18.2 Å². The molecule has 26 heavy (non-hydrogen) atoms. The third kappa shape index (κ3) is 2.96. The van der Waals surface area contributed by atoms with Crippen molar-refractivity contribution in [1.29, 1.82) is 0 Å². The minimum atomic E-state index is 0.0819. The summed E-state index contributed by atoms with van der Waals surface area (Å²) in [6.07, 6.45) is 2.04. The van der Waals surface area contributed by atoms with Crippen molar-refractivity contribution in [1.82, 2.24) is 19.9 Å². The lowest BCUT2D eigenvalue weighted by molar-refractivity contribution is 0.0709. The van der Waals surface area contributed by atoms with Gasteiger partial charge in [0.25, 0.3) is 5.91 Å². The number of hydrogen-bond donors (Lipinski definition) is 2. The first kappa shape index (κ1) is 17.0. The van der Waals surface area contributed by atoms with E-state index in [9.17, 15) is 4.79 Å². The maximum atomic E-state index is 13.0. The van der Waals surface area contributed by atoms with Gasteiger partial charge in [0.15, 0.2) is 5.13 Å². The second-order valence-corrected chi connectivity index (χ2v) is 7.87. The molecule has 0 saturated carbocycles. The Morgan fingerprint density at radius 1 is 1.35 bits per heavy atom. The molecule has 1 aromatic carbocycles. The van der Waals surface area contributed by atoms with Gasteiger partial charge in [0.05, 0.1) is 16.7 Å². The van der Waals surface area contributed by atoms with Crippen molar-refractivity contribution >= 4 is 33.4 Å². The second-order valence-electron chi connectivity index (χ2n) is 6.87. The number of hydrogen-bond acceptors (Lipinski definition) is 5. The molecule has 136 valence electrons. The summed E-state index contributed by atoms with van der Waals surface area (Å²) < 4.78 is 0. The van der Waals surface area contributed by atoms with Crippen molar-refractivity contribution in [3.8, 4) is 0 Å². The monoisotopic (exact) mass is 369 g/mol. The number of imidazole rings is 1. The zero-order valence-corrected chi connectivity index (χ0v) is 16.1. The Balaban J connectivity index is 1.57. The number of rotatable bonds is 3. The highest BCUT2D eigenvalue weighted by atomic mass is 32.1. The number of aryl methyl sites for hydroxylation is 2. The number of anilines is 1. The molecule has 1 amide bonds. The number of likely N-dealkylation sites (tertiary alicyclic amines) is 1. The Labute approximate surface area is 156 Å². The van der Waals surface area contributed by atoms with Crippen LogP contribution in [0, 0.1) is 13.8 Å². The molecule has 1 atom stereocenters. The number of aromatic amines is 1. The van der Waals surface area contributed by atoms with Crippen LogP contribution in [0.5, 0.6) is 0 Å². The largest absolute Gasteiger partial charge is 0.365 e. The predicted molar refractivity (Wildman–Crippen MR) is 105 cm³/mol. The van der Waals surface area contributed by atoms with E-state index in [4.69, 9.17) is 4.98 Å². The summed E-state index contributed by atoms with van der Waals surface area (Å²) in [6.45, 7) is 5.47. The van der Waals surface area contributed by atoms with Gasteiger partial charge in [-0.1, -0.05) is 23.5 Å². The van der Waals surface area contributed by atoms with Gasteiger partial charge in [-0.2, -0.15) is 0 Å².